The summed E-state index contributed by atoms with van der Waals surface area (Å²) in [4.78, 5) is 16.5. The largest absolute Gasteiger partial charge is 0.352 e. The number of carbonyl (C=O) groups is 1. The third-order valence-electron chi connectivity index (χ3n) is 3.78. The van der Waals surface area contributed by atoms with Gasteiger partial charge in [-0.25, -0.2) is 4.98 Å². The Hall–Kier alpha value is -2.62. The number of fused-ring (bicyclic) bond motifs is 1. The van der Waals surface area contributed by atoms with Crippen molar-refractivity contribution in [2.45, 2.75) is 19.9 Å². The molecule has 2 aromatic heterocycles. The molecule has 0 spiro atoms. The van der Waals surface area contributed by atoms with Crippen LogP contribution in [0.25, 0.3) is 11.0 Å². The number of nitrogens with one attached hydrogen (secondary N) is 1. The van der Waals surface area contributed by atoms with Gasteiger partial charge in [-0.3, -0.25) is 4.79 Å². The molecule has 4 heteroatoms. The molecular weight excluding hydrogens is 274 g/mol. The molecule has 0 fully saturated rings. The fraction of sp³-hybridized carbons (Fsp3) is 0.222. The van der Waals surface area contributed by atoms with E-state index in [1.165, 1.54) is 5.56 Å². The summed E-state index contributed by atoms with van der Waals surface area (Å²) in [6, 6.07) is 12.1. The zero-order valence-corrected chi connectivity index (χ0v) is 12.8. The maximum Gasteiger partial charge on any atom is 0.224 e. The predicted octanol–water partition coefficient (Wildman–Crippen LogP) is 2.74. The van der Waals surface area contributed by atoms with Gasteiger partial charge in [0.1, 0.15) is 5.65 Å². The molecule has 1 N–H and O–H groups in total. The highest BCUT2D eigenvalue weighted by molar-refractivity contribution is 5.87. The zero-order chi connectivity index (χ0) is 15.5. The Kier molecular flexibility index (Phi) is 3.92. The maximum atomic E-state index is 12.2. The van der Waals surface area contributed by atoms with E-state index in [2.05, 4.69) is 29.4 Å². The van der Waals surface area contributed by atoms with Crippen LogP contribution in [0.3, 0.4) is 0 Å². The van der Waals surface area contributed by atoms with E-state index in [-0.39, 0.29) is 5.91 Å². The minimum Gasteiger partial charge on any atom is -0.352 e. The Balaban J connectivity index is 1.67. The average molecular weight is 293 g/mol. The summed E-state index contributed by atoms with van der Waals surface area (Å²) in [5, 5.41) is 4.01. The Morgan fingerprint density at radius 1 is 1.23 bits per heavy atom. The number of hydrogen-bond donors (Lipinski definition) is 1. The first-order valence-electron chi connectivity index (χ1n) is 7.34. The van der Waals surface area contributed by atoms with Crippen molar-refractivity contribution in [3.8, 4) is 0 Å². The van der Waals surface area contributed by atoms with Crippen LogP contribution in [0.1, 0.15) is 16.7 Å². The third-order valence-corrected chi connectivity index (χ3v) is 3.78. The molecule has 0 saturated carbocycles. The van der Waals surface area contributed by atoms with Gasteiger partial charge in [0.25, 0.3) is 0 Å². The van der Waals surface area contributed by atoms with Gasteiger partial charge < -0.3 is 9.88 Å². The summed E-state index contributed by atoms with van der Waals surface area (Å²) < 4.78 is 1.96. The molecule has 0 unspecified atom stereocenters. The SMILES string of the molecule is Cc1ccc(CNC(=O)Cc2cn(C)c3ncccc23)cc1. The molecule has 0 bridgehead atoms. The standard InChI is InChI=1S/C18H19N3O/c1-13-5-7-14(8-6-13)11-20-17(22)10-15-12-21(2)18-16(15)4-3-9-19-18/h3-9,12H,10-11H2,1-2H3,(H,20,22). The lowest BCUT2D eigenvalue weighted by Crippen LogP contribution is -2.24. The van der Waals surface area contributed by atoms with Crippen LogP contribution in [0.5, 0.6) is 0 Å². The molecule has 0 aliphatic heterocycles. The van der Waals surface area contributed by atoms with Crippen LogP contribution in [-0.4, -0.2) is 15.5 Å². The van der Waals surface area contributed by atoms with Crippen LogP contribution in [0.2, 0.25) is 0 Å². The van der Waals surface area contributed by atoms with Gasteiger partial charge >= 0.3 is 0 Å². The van der Waals surface area contributed by atoms with E-state index in [4.69, 9.17) is 0 Å². The number of hydrogen-bond acceptors (Lipinski definition) is 2. The van der Waals surface area contributed by atoms with Gasteiger partial charge in [-0.15, -0.1) is 0 Å². The van der Waals surface area contributed by atoms with Gasteiger partial charge in [0.2, 0.25) is 5.91 Å². The normalized spacial score (nSPS) is 10.8. The highest BCUT2D eigenvalue weighted by Gasteiger charge is 2.10. The summed E-state index contributed by atoms with van der Waals surface area (Å²) in [5.41, 5.74) is 4.24. The van der Waals surface area contributed by atoms with Crippen molar-refractivity contribution in [3.63, 3.8) is 0 Å². The molecule has 3 rings (SSSR count). The van der Waals surface area contributed by atoms with Crippen LogP contribution in [0.15, 0.2) is 48.8 Å². The molecule has 0 saturated heterocycles. The van der Waals surface area contributed by atoms with Gasteiger partial charge in [0.15, 0.2) is 0 Å². The van der Waals surface area contributed by atoms with Crippen molar-refractivity contribution in [3.05, 3.63) is 65.5 Å². The second-order valence-electron chi connectivity index (χ2n) is 5.58. The smallest absolute Gasteiger partial charge is 0.224 e. The monoisotopic (exact) mass is 293 g/mol. The number of carbonyl (C=O) groups excluding carboxylic acids is 1. The molecule has 0 atom stereocenters. The topological polar surface area (TPSA) is 46.9 Å². The molecule has 4 nitrogen and oxygen atoms in total. The van der Waals surface area contributed by atoms with Crippen LogP contribution in [0, 0.1) is 6.92 Å². The van der Waals surface area contributed by atoms with E-state index in [0.717, 1.165) is 22.2 Å². The first kappa shape index (κ1) is 14.3. The van der Waals surface area contributed by atoms with Gasteiger partial charge in [-0.05, 0) is 30.2 Å². The van der Waals surface area contributed by atoms with Gasteiger partial charge in [-0.2, -0.15) is 0 Å². The second kappa shape index (κ2) is 6.02. The Morgan fingerprint density at radius 3 is 2.77 bits per heavy atom. The average Bonchev–Trinajstić information content (AvgIpc) is 2.83. The van der Waals surface area contributed by atoms with Crippen molar-refractivity contribution in [2.75, 3.05) is 0 Å². The molecule has 2 heterocycles. The highest BCUT2D eigenvalue weighted by atomic mass is 16.1. The van der Waals surface area contributed by atoms with Crippen LogP contribution in [0.4, 0.5) is 0 Å². The fourth-order valence-electron chi connectivity index (χ4n) is 2.58. The molecule has 112 valence electrons. The second-order valence-corrected chi connectivity index (χ2v) is 5.58. The van der Waals surface area contributed by atoms with E-state index >= 15 is 0 Å². The molecule has 0 aliphatic carbocycles. The lowest BCUT2D eigenvalue weighted by molar-refractivity contribution is -0.120. The molecule has 0 radical (unpaired) electrons. The predicted molar refractivity (Wildman–Crippen MR) is 87.4 cm³/mol. The number of aromatic nitrogens is 2. The Labute approximate surface area is 129 Å². The summed E-state index contributed by atoms with van der Waals surface area (Å²) in [6.07, 6.45) is 4.11. The van der Waals surface area contributed by atoms with Crippen LogP contribution < -0.4 is 5.32 Å². The summed E-state index contributed by atoms with van der Waals surface area (Å²) in [6.45, 7) is 2.61. The number of pyridine rings is 1. The molecular formula is C18H19N3O. The minimum absolute atomic E-state index is 0.0249. The van der Waals surface area contributed by atoms with E-state index in [0.29, 0.717) is 13.0 Å². The molecule has 0 aliphatic rings. The number of nitrogens with zero attached hydrogens (tertiary/aromatic N) is 2. The van der Waals surface area contributed by atoms with Crippen molar-refractivity contribution >= 4 is 16.9 Å². The van der Waals surface area contributed by atoms with Crippen molar-refractivity contribution < 1.29 is 4.79 Å². The lowest BCUT2D eigenvalue weighted by Gasteiger charge is -2.05. The first-order chi connectivity index (χ1) is 10.6. The summed E-state index contributed by atoms with van der Waals surface area (Å²) >= 11 is 0. The van der Waals surface area contributed by atoms with Gasteiger partial charge in [0.05, 0.1) is 6.42 Å². The zero-order valence-electron chi connectivity index (χ0n) is 12.8. The number of rotatable bonds is 4. The van der Waals surface area contributed by atoms with E-state index in [1.54, 1.807) is 6.20 Å². The van der Waals surface area contributed by atoms with E-state index < -0.39 is 0 Å². The number of aryl methyl sites for hydroxylation is 2. The molecule has 1 amide bonds. The third kappa shape index (κ3) is 3.01. The fourth-order valence-corrected chi connectivity index (χ4v) is 2.58. The van der Waals surface area contributed by atoms with E-state index in [1.807, 2.05) is 42.1 Å². The molecule has 3 aromatic rings. The van der Waals surface area contributed by atoms with Crippen molar-refractivity contribution in [2.24, 2.45) is 7.05 Å². The first-order valence-corrected chi connectivity index (χ1v) is 7.34. The van der Waals surface area contributed by atoms with Gasteiger partial charge in [0, 0.05) is 31.4 Å². The van der Waals surface area contributed by atoms with Crippen LogP contribution >= 0.6 is 0 Å². The Bertz CT molecular complexity index is 803. The molecule has 22 heavy (non-hydrogen) atoms. The molecule has 1 aromatic carbocycles. The summed E-state index contributed by atoms with van der Waals surface area (Å²) in [5.74, 6) is 0.0249. The number of benzene rings is 1. The summed E-state index contributed by atoms with van der Waals surface area (Å²) in [7, 11) is 1.95. The minimum atomic E-state index is 0.0249. The van der Waals surface area contributed by atoms with Crippen molar-refractivity contribution in [1.82, 2.24) is 14.9 Å². The quantitative estimate of drug-likeness (QED) is 0.804. The van der Waals surface area contributed by atoms with Gasteiger partial charge in [-0.1, -0.05) is 29.8 Å². The Morgan fingerprint density at radius 2 is 2.00 bits per heavy atom. The highest BCUT2D eigenvalue weighted by Crippen LogP contribution is 2.18. The lowest BCUT2D eigenvalue weighted by atomic mass is 10.1. The maximum absolute atomic E-state index is 12.2. The van der Waals surface area contributed by atoms with Crippen molar-refractivity contribution in [1.29, 1.82) is 0 Å². The van der Waals surface area contributed by atoms with Crippen LogP contribution in [-0.2, 0) is 24.8 Å². The van der Waals surface area contributed by atoms with E-state index in [9.17, 15) is 4.79 Å². The number of amides is 1.